The number of rotatable bonds is 6. The summed E-state index contributed by atoms with van der Waals surface area (Å²) in [6, 6.07) is 10.3. The maximum absolute atomic E-state index is 6.00. The van der Waals surface area contributed by atoms with Gasteiger partial charge in [0.2, 0.25) is 0 Å². The van der Waals surface area contributed by atoms with Gasteiger partial charge in [0.05, 0.1) is 6.10 Å². The molecule has 1 aliphatic heterocycles. The highest BCUT2D eigenvalue weighted by Gasteiger charge is 2.34. The molecule has 1 heterocycles. The SMILES string of the molecule is C=C[C@@H]1CC(OCCCC)O[C@@H]1c1ccccc1. The maximum Gasteiger partial charge on any atom is 0.159 e. The largest absolute Gasteiger partial charge is 0.353 e. The molecule has 2 rings (SSSR count). The van der Waals surface area contributed by atoms with Crippen molar-refractivity contribution in [2.24, 2.45) is 5.92 Å². The molecule has 1 aromatic carbocycles. The second kappa shape index (κ2) is 6.72. The van der Waals surface area contributed by atoms with Gasteiger partial charge in [-0.25, -0.2) is 0 Å². The van der Waals surface area contributed by atoms with Gasteiger partial charge in [-0.15, -0.1) is 6.58 Å². The van der Waals surface area contributed by atoms with Crippen LogP contribution < -0.4 is 0 Å². The van der Waals surface area contributed by atoms with Gasteiger partial charge in [-0.1, -0.05) is 49.8 Å². The van der Waals surface area contributed by atoms with Gasteiger partial charge in [0.25, 0.3) is 0 Å². The number of hydrogen-bond acceptors (Lipinski definition) is 2. The first kappa shape index (κ1) is 13.3. The maximum atomic E-state index is 6.00. The van der Waals surface area contributed by atoms with Crippen molar-refractivity contribution in [1.82, 2.24) is 0 Å². The molecule has 0 saturated carbocycles. The minimum atomic E-state index is -0.0789. The first-order valence-corrected chi connectivity index (χ1v) is 6.79. The molecule has 3 atom stereocenters. The Hall–Kier alpha value is -1.12. The van der Waals surface area contributed by atoms with Crippen LogP contribution in [0.3, 0.4) is 0 Å². The van der Waals surface area contributed by atoms with Crippen molar-refractivity contribution in [2.45, 2.75) is 38.6 Å². The summed E-state index contributed by atoms with van der Waals surface area (Å²) in [6.07, 6.45) is 5.15. The first-order valence-electron chi connectivity index (χ1n) is 6.79. The van der Waals surface area contributed by atoms with Crippen LogP contribution in [0.5, 0.6) is 0 Å². The van der Waals surface area contributed by atoms with E-state index in [1.807, 2.05) is 24.3 Å². The smallest absolute Gasteiger partial charge is 0.159 e. The van der Waals surface area contributed by atoms with E-state index in [4.69, 9.17) is 9.47 Å². The van der Waals surface area contributed by atoms with Crippen molar-refractivity contribution < 1.29 is 9.47 Å². The van der Waals surface area contributed by atoms with Crippen LogP contribution in [0.25, 0.3) is 0 Å². The summed E-state index contributed by atoms with van der Waals surface area (Å²) in [5, 5.41) is 0. The molecule has 1 fully saturated rings. The number of unbranched alkanes of at least 4 members (excludes halogenated alkanes) is 1. The molecule has 1 unspecified atom stereocenters. The molecule has 0 radical (unpaired) electrons. The van der Waals surface area contributed by atoms with Gasteiger partial charge in [-0.2, -0.15) is 0 Å². The Labute approximate surface area is 110 Å². The monoisotopic (exact) mass is 246 g/mol. The third-order valence-electron chi connectivity index (χ3n) is 3.38. The van der Waals surface area contributed by atoms with Crippen LogP contribution in [-0.4, -0.2) is 12.9 Å². The van der Waals surface area contributed by atoms with Crippen molar-refractivity contribution >= 4 is 0 Å². The van der Waals surface area contributed by atoms with E-state index in [0.717, 1.165) is 25.9 Å². The molecular weight excluding hydrogens is 224 g/mol. The molecule has 0 spiro atoms. The number of ether oxygens (including phenoxy) is 2. The zero-order valence-electron chi connectivity index (χ0n) is 11.0. The van der Waals surface area contributed by atoms with Gasteiger partial charge in [0.1, 0.15) is 0 Å². The minimum absolute atomic E-state index is 0.0789. The summed E-state index contributed by atoms with van der Waals surface area (Å²) in [5.41, 5.74) is 1.21. The third kappa shape index (κ3) is 3.21. The van der Waals surface area contributed by atoms with Crippen LogP contribution in [0.4, 0.5) is 0 Å². The van der Waals surface area contributed by atoms with Crippen molar-refractivity contribution in [3.05, 3.63) is 48.6 Å². The van der Waals surface area contributed by atoms with Crippen molar-refractivity contribution in [1.29, 1.82) is 0 Å². The van der Waals surface area contributed by atoms with E-state index in [9.17, 15) is 0 Å². The van der Waals surface area contributed by atoms with E-state index in [0.29, 0.717) is 5.92 Å². The predicted molar refractivity (Wildman–Crippen MR) is 73.2 cm³/mol. The predicted octanol–water partition coefficient (Wildman–Crippen LogP) is 4.09. The van der Waals surface area contributed by atoms with E-state index < -0.39 is 0 Å². The Morgan fingerprint density at radius 3 is 2.83 bits per heavy atom. The number of hydrogen-bond donors (Lipinski definition) is 0. The van der Waals surface area contributed by atoms with Gasteiger partial charge < -0.3 is 9.47 Å². The lowest BCUT2D eigenvalue weighted by atomic mass is 9.95. The van der Waals surface area contributed by atoms with Gasteiger partial charge in [0, 0.05) is 18.9 Å². The summed E-state index contributed by atoms with van der Waals surface area (Å²) in [4.78, 5) is 0. The summed E-state index contributed by atoms with van der Waals surface area (Å²) in [6.45, 7) is 6.86. The lowest BCUT2D eigenvalue weighted by Gasteiger charge is -2.16. The standard InChI is InChI=1S/C16H22O2/c1-3-5-11-17-15-12-13(4-2)16(18-15)14-9-7-6-8-10-14/h4,6-10,13,15-16H,2-3,5,11-12H2,1H3/t13-,15?,16+/m1/s1. The molecule has 0 N–H and O–H groups in total. The molecule has 0 bridgehead atoms. The molecule has 0 aliphatic carbocycles. The average molecular weight is 246 g/mol. The third-order valence-corrected chi connectivity index (χ3v) is 3.38. The fraction of sp³-hybridized carbons (Fsp3) is 0.500. The molecule has 0 amide bonds. The zero-order valence-corrected chi connectivity index (χ0v) is 11.0. The summed E-state index contributed by atoms with van der Waals surface area (Å²) < 4.78 is 11.8. The molecule has 1 saturated heterocycles. The lowest BCUT2D eigenvalue weighted by molar-refractivity contribution is -0.135. The second-order valence-corrected chi connectivity index (χ2v) is 4.76. The van der Waals surface area contributed by atoms with E-state index in [1.165, 1.54) is 5.56 Å². The Kier molecular flexibility index (Phi) is 4.97. The van der Waals surface area contributed by atoms with Gasteiger partial charge in [-0.3, -0.25) is 0 Å². The highest BCUT2D eigenvalue weighted by Crippen LogP contribution is 2.39. The van der Waals surface area contributed by atoms with E-state index in [2.05, 4.69) is 25.6 Å². The Morgan fingerprint density at radius 2 is 2.17 bits per heavy atom. The molecule has 0 aromatic heterocycles. The van der Waals surface area contributed by atoms with Gasteiger partial charge in [-0.05, 0) is 12.0 Å². The van der Waals surface area contributed by atoms with Crippen molar-refractivity contribution in [2.75, 3.05) is 6.61 Å². The Balaban J connectivity index is 1.96. The Morgan fingerprint density at radius 1 is 1.39 bits per heavy atom. The van der Waals surface area contributed by atoms with Crippen molar-refractivity contribution in [3.8, 4) is 0 Å². The molecule has 98 valence electrons. The summed E-state index contributed by atoms with van der Waals surface area (Å²) in [5.74, 6) is 0.346. The normalized spacial score (nSPS) is 27.3. The highest BCUT2D eigenvalue weighted by molar-refractivity contribution is 5.20. The van der Waals surface area contributed by atoms with Crippen molar-refractivity contribution in [3.63, 3.8) is 0 Å². The van der Waals surface area contributed by atoms with E-state index >= 15 is 0 Å². The van der Waals surface area contributed by atoms with Gasteiger partial charge >= 0.3 is 0 Å². The molecule has 1 aromatic rings. The minimum Gasteiger partial charge on any atom is -0.353 e. The van der Waals surface area contributed by atoms with Gasteiger partial charge in [0.15, 0.2) is 6.29 Å². The molecule has 2 nitrogen and oxygen atoms in total. The van der Waals surface area contributed by atoms with Crippen LogP contribution in [0.2, 0.25) is 0 Å². The number of benzene rings is 1. The molecule has 18 heavy (non-hydrogen) atoms. The van der Waals surface area contributed by atoms with Crippen LogP contribution in [0.15, 0.2) is 43.0 Å². The molecule has 2 heteroatoms. The van der Waals surface area contributed by atoms with E-state index in [-0.39, 0.29) is 12.4 Å². The fourth-order valence-electron chi connectivity index (χ4n) is 2.32. The topological polar surface area (TPSA) is 18.5 Å². The first-order chi connectivity index (χ1) is 8.85. The summed E-state index contributed by atoms with van der Waals surface area (Å²) >= 11 is 0. The van der Waals surface area contributed by atoms with Crippen LogP contribution in [-0.2, 0) is 9.47 Å². The second-order valence-electron chi connectivity index (χ2n) is 4.76. The Bertz CT molecular complexity index is 361. The average Bonchev–Trinajstić information content (AvgIpc) is 2.83. The summed E-state index contributed by atoms with van der Waals surface area (Å²) in [7, 11) is 0. The van der Waals surface area contributed by atoms with Crippen LogP contribution in [0.1, 0.15) is 37.9 Å². The van der Waals surface area contributed by atoms with E-state index in [1.54, 1.807) is 0 Å². The highest BCUT2D eigenvalue weighted by atomic mass is 16.7. The van der Waals surface area contributed by atoms with Crippen LogP contribution >= 0.6 is 0 Å². The lowest BCUT2D eigenvalue weighted by Crippen LogP contribution is -2.12. The fourth-order valence-corrected chi connectivity index (χ4v) is 2.32. The molecule has 1 aliphatic rings. The zero-order chi connectivity index (χ0) is 12.8. The van der Waals surface area contributed by atoms with Crippen LogP contribution in [0, 0.1) is 5.92 Å². The molecular formula is C16H22O2. The quantitative estimate of drug-likeness (QED) is 0.556.